The molecule has 0 saturated carbocycles. The summed E-state index contributed by atoms with van der Waals surface area (Å²) in [5.41, 5.74) is 2.22. The molecule has 3 rings (SSSR count). The van der Waals surface area contributed by atoms with Crippen LogP contribution in [-0.4, -0.2) is 25.6 Å². The SMILES string of the molecule is O=C(CNCCOc1ccccc1F)NC(Cc1ccccc1)c1ccccc1. The number of ether oxygens (including phenoxy) is 1. The first kappa shape index (κ1) is 20.6. The van der Waals surface area contributed by atoms with E-state index in [9.17, 15) is 9.18 Å². The lowest BCUT2D eigenvalue weighted by Gasteiger charge is -2.20. The summed E-state index contributed by atoms with van der Waals surface area (Å²) in [5, 5.41) is 6.13. The molecule has 3 aromatic rings. The predicted octanol–water partition coefficient (Wildman–Crippen LogP) is 3.89. The predicted molar refractivity (Wildman–Crippen MR) is 112 cm³/mol. The topological polar surface area (TPSA) is 50.4 Å². The molecule has 0 aliphatic rings. The van der Waals surface area contributed by atoms with Gasteiger partial charge in [-0.3, -0.25) is 4.79 Å². The number of amides is 1. The van der Waals surface area contributed by atoms with Crippen LogP contribution in [0.25, 0.3) is 0 Å². The van der Waals surface area contributed by atoms with Crippen LogP contribution in [0.3, 0.4) is 0 Å². The summed E-state index contributed by atoms with van der Waals surface area (Å²) in [6, 6.07) is 26.2. The van der Waals surface area contributed by atoms with E-state index in [4.69, 9.17) is 4.74 Å². The van der Waals surface area contributed by atoms with Gasteiger partial charge in [-0.25, -0.2) is 4.39 Å². The normalized spacial score (nSPS) is 11.6. The fourth-order valence-electron chi connectivity index (χ4n) is 3.03. The molecular weight excluding hydrogens is 367 g/mol. The van der Waals surface area contributed by atoms with Crippen LogP contribution in [0.15, 0.2) is 84.9 Å². The maximum Gasteiger partial charge on any atom is 0.234 e. The minimum absolute atomic E-state index is 0.0966. The van der Waals surface area contributed by atoms with Crippen molar-refractivity contribution >= 4 is 5.91 Å². The molecule has 150 valence electrons. The van der Waals surface area contributed by atoms with Gasteiger partial charge in [0.15, 0.2) is 11.6 Å². The summed E-state index contributed by atoms with van der Waals surface area (Å²) < 4.78 is 18.9. The quantitative estimate of drug-likeness (QED) is 0.515. The first-order valence-corrected chi connectivity index (χ1v) is 9.68. The lowest BCUT2D eigenvalue weighted by Crippen LogP contribution is -2.38. The standard InChI is InChI=1S/C24H25FN2O2/c25-21-13-7-8-14-23(21)29-16-15-26-18-24(28)27-22(20-11-5-2-6-12-20)17-19-9-3-1-4-10-19/h1-14,22,26H,15-18H2,(H,27,28). The number of halogens is 1. The van der Waals surface area contributed by atoms with Crippen LogP contribution in [0.1, 0.15) is 17.2 Å². The molecule has 1 amide bonds. The maximum atomic E-state index is 13.5. The van der Waals surface area contributed by atoms with E-state index >= 15 is 0 Å². The van der Waals surface area contributed by atoms with E-state index in [1.165, 1.54) is 6.07 Å². The van der Waals surface area contributed by atoms with E-state index in [0.29, 0.717) is 13.0 Å². The molecule has 0 saturated heterocycles. The largest absolute Gasteiger partial charge is 0.489 e. The van der Waals surface area contributed by atoms with E-state index in [1.807, 2.05) is 48.5 Å². The summed E-state index contributed by atoms with van der Waals surface area (Å²) in [5.74, 6) is -0.275. The Kier molecular flexibility index (Phi) is 7.78. The molecule has 0 aliphatic carbocycles. The van der Waals surface area contributed by atoms with Gasteiger partial charge in [0.05, 0.1) is 12.6 Å². The Morgan fingerprint density at radius 1 is 0.897 bits per heavy atom. The fraction of sp³-hybridized carbons (Fsp3) is 0.208. The van der Waals surface area contributed by atoms with E-state index < -0.39 is 5.82 Å². The molecule has 0 radical (unpaired) electrons. The molecule has 4 nitrogen and oxygen atoms in total. The van der Waals surface area contributed by atoms with Crippen LogP contribution in [0.4, 0.5) is 4.39 Å². The number of hydrogen-bond donors (Lipinski definition) is 2. The third-order valence-corrected chi connectivity index (χ3v) is 4.48. The van der Waals surface area contributed by atoms with Crippen molar-refractivity contribution < 1.29 is 13.9 Å². The van der Waals surface area contributed by atoms with Gasteiger partial charge in [-0.05, 0) is 29.7 Å². The van der Waals surface area contributed by atoms with Crippen molar-refractivity contribution in [2.75, 3.05) is 19.7 Å². The summed E-state index contributed by atoms with van der Waals surface area (Å²) in [6.45, 7) is 0.884. The lowest BCUT2D eigenvalue weighted by molar-refractivity contribution is -0.121. The summed E-state index contributed by atoms with van der Waals surface area (Å²) in [4.78, 5) is 12.4. The number of carbonyl (C=O) groups is 1. The molecule has 2 N–H and O–H groups in total. The fourth-order valence-corrected chi connectivity index (χ4v) is 3.03. The molecule has 1 atom stereocenters. The molecule has 0 bridgehead atoms. The highest BCUT2D eigenvalue weighted by molar-refractivity contribution is 5.78. The molecule has 3 aromatic carbocycles. The summed E-state index contributed by atoms with van der Waals surface area (Å²) in [6.07, 6.45) is 0.715. The Morgan fingerprint density at radius 3 is 2.28 bits per heavy atom. The van der Waals surface area contributed by atoms with Crippen LogP contribution >= 0.6 is 0 Å². The number of rotatable bonds is 10. The summed E-state index contributed by atoms with van der Waals surface area (Å²) >= 11 is 0. The second-order valence-corrected chi connectivity index (χ2v) is 6.68. The van der Waals surface area contributed by atoms with Gasteiger partial charge >= 0.3 is 0 Å². The first-order chi connectivity index (χ1) is 14.2. The average Bonchev–Trinajstić information content (AvgIpc) is 2.76. The Balaban J connectivity index is 1.47. The van der Waals surface area contributed by atoms with Crippen molar-refractivity contribution in [1.82, 2.24) is 10.6 Å². The van der Waals surface area contributed by atoms with Crippen LogP contribution in [0.2, 0.25) is 0 Å². The van der Waals surface area contributed by atoms with Crippen LogP contribution < -0.4 is 15.4 Å². The number of para-hydroxylation sites is 1. The van der Waals surface area contributed by atoms with Crippen molar-refractivity contribution in [2.45, 2.75) is 12.5 Å². The van der Waals surface area contributed by atoms with E-state index in [1.54, 1.807) is 18.2 Å². The highest BCUT2D eigenvalue weighted by atomic mass is 19.1. The molecule has 0 aliphatic heterocycles. The van der Waals surface area contributed by atoms with Gasteiger partial charge in [0.2, 0.25) is 5.91 Å². The van der Waals surface area contributed by atoms with Crippen molar-refractivity contribution in [3.05, 3.63) is 102 Å². The van der Waals surface area contributed by atoms with E-state index in [0.717, 1.165) is 11.1 Å². The highest BCUT2D eigenvalue weighted by Gasteiger charge is 2.15. The van der Waals surface area contributed by atoms with Gasteiger partial charge < -0.3 is 15.4 Å². The first-order valence-electron chi connectivity index (χ1n) is 9.68. The maximum absolute atomic E-state index is 13.5. The molecule has 5 heteroatoms. The minimum Gasteiger partial charge on any atom is -0.489 e. The van der Waals surface area contributed by atoms with Gasteiger partial charge in [-0.2, -0.15) is 0 Å². The highest BCUT2D eigenvalue weighted by Crippen LogP contribution is 2.18. The smallest absolute Gasteiger partial charge is 0.234 e. The van der Waals surface area contributed by atoms with Crippen molar-refractivity contribution in [3.63, 3.8) is 0 Å². The van der Waals surface area contributed by atoms with Gasteiger partial charge in [0.25, 0.3) is 0 Å². The van der Waals surface area contributed by atoms with Crippen molar-refractivity contribution in [2.24, 2.45) is 0 Å². The third kappa shape index (κ3) is 6.73. The van der Waals surface area contributed by atoms with Gasteiger partial charge in [0, 0.05) is 6.54 Å². The molecular formula is C24H25FN2O2. The minimum atomic E-state index is -0.392. The van der Waals surface area contributed by atoms with Gasteiger partial charge in [-0.1, -0.05) is 72.8 Å². The monoisotopic (exact) mass is 392 g/mol. The number of carbonyl (C=O) groups excluding carboxylic acids is 1. The molecule has 0 heterocycles. The molecule has 1 unspecified atom stereocenters. The number of nitrogens with one attached hydrogen (secondary N) is 2. The van der Waals surface area contributed by atoms with E-state index in [2.05, 4.69) is 22.8 Å². The molecule has 0 fully saturated rings. The Bertz CT molecular complexity index is 888. The zero-order valence-corrected chi connectivity index (χ0v) is 16.2. The lowest BCUT2D eigenvalue weighted by atomic mass is 9.99. The second-order valence-electron chi connectivity index (χ2n) is 6.68. The van der Waals surface area contributed by atoms with Crippen LogP contribution in [0.5, 0.6) is 5.75 Å². The zero-order chi connectivity index (χ0) is 20.3. The average molecular weight is 392 g/mol. The Hall–Kier alpha value is -3.18. The van der Waals surface area contributed by atoms with Crippen LogP contribution in [-0.2, 0) is 11.2 Å². The Labute approximate surface area is 170 Å². The summed E-state index contributed by atoms with van der Waals surface area (Å²) in [7, 11) is 0. The zero-order valence-electron chi connectivity index (χ0n) is 16.2. The van der Waals surface area contributed by atoms with E-state index in [-0.39, 0.29) is 30.9 Å². The number of benzene rings is 3. The van der Waals surface area contributed by atoms with Crippen molar-refractivity contribution in [1.29, 1.82) is 0 Å². The molecule has 0 spiro atoms. The molecule has 29 heavy (non-hydrogen) atoms. The third-order valence-electron chi connectivity index (χ3n) is 4.48. The van der Waals surface area contributed by atoms with Crippen LogP contribution in [0, 0.1) is 5.82 Å². The van der Waals surface area contributed by atoms with Gasteiger partial charge in [-0.15, -0.1) is 0 Å². The molecule has 0 aromatic heterocycles. The number of hydrogen-bond acceptors (Lipinski definition) is 3. The van der Waals surface area contributed by atoms with Gasteiger partial charge in [0.1, 0.15) is 6.61 Å². The van der Waals surface area contributed by atoms with Crippen molar-refractivity contribution in [3.8, 4) is 5.75 Å². The second kappa shape index (κ2) is 11.0. The Morgan fingerprint density at radius 2 is 1.55 bits per heavy atom.